The molecular weight excluding hydrogens is 206 g/mol. The van der Waals surface area contributed by atoms with Gasteiger partial charge in [0.1, 0.15) is 5.78 Å². The van der Waals surface area contributed by atoms with E-state index in [9.17, 15) is 9.59 Å². The number of hydrogen-bond donors (Lipinski definition) is 1. The molecule has 4 heteroatoms. The summed E-state index contributed by atoms with van der Waals surface area (Å²) in [6.45, 7) is 10.6. The highest BCUT2D eigenvalue weighted by molar-refractivity contribution is 5.77. The van der Waals surface area contributed by atoms with Crippen molar-refractivity contribution < 1.29 is 14.3 Å². The highest BCUT2D eigenvalue weighted by Gasteiger charge is 2.04. The molecule has 0 aromatic carbocycles. The fourth-order valence-electron chi connectivity index (χ4n) is 0.768. The molecule has 1 N–H and O–H groups in total. The smallest absolute Gasteiger partial charge is 0.222 e. The van der Waals surface area contributed by atoms with Crippen LogP contribution in [0.3, 0.4) is 0 Å². The van der Waals surface area contributed by atoms with Crippen LogP contribution in [0, 0.1) is 5.92 Å². The molecule has 0 aliphatic heterocycles. The number of nitrogens with one attached hydrogen (secondary N) is 1. The highest BCUT2D eigenvalue weighted by Crippen LogP contribution is 1.89. The molecule has 0 saturated heterocycles. The van der Waals surface area contributed by atoms with Crippen LogP contribution in [0.4, 0.5) is 0 Å². The summed E-state index contributed by atoms with van der Waals surface area (Å²) in [7, 11) is 0. The predicted molar refractivity (Wildman–Crippen MR) is 65.3 cm³/mol. The summed E-state index contributed by atoms with van der Waals surface area (Å²) in [5, 5.41) is 2.72. The summed E-state index contributed by atoms with van der Waals surface area (Å²) in [6, 6.07) is 0. The molecule has 0 fully saturated rings. The van der Waals surface area contributed by atoms with E-state index in [1.807, 2.05) is 27.7 Å². The first kappa shape index (κ1) is 17.5. The Hall–Kier alpha value is -0.900. The Labute approximate surface area is 98.7 Å². The molecule has 1 amide bonds. The Balaban J connectivity index is 0. The van der Waals surface area contributed by atoms with Gasteiger partial charge in [0, 0.05) is 18.9 Å². The molecule has 0 bridgehead atoms. The summed E-state index contributed by atoms with van der Waals surface area (Å²) >= 11 is 0. The molecule has 0 radical (unpaired) electrons. The summed E-state index contributed by atoms with van der Waals surface area (Å²) in [6.07, 6.45) is 0.443. The molecule has 0 aromatic rings. The number of hydrogen-bond acceptors (Lipinski definition) is 3. The molecule has 4 nitrogen and oxygen atoms in total. The van der Waals surface area contributed by atoms with Gasteiger partial charge in [0.05, 0.1) is 13.2 Å². The van der Waals surface area contributed by atoms with Crippen molar-refractivity contribution in [2.75, 3.05) is 19.8 Å². The van der Waals surface area contributed by atoms with Crippen molar-refractivity contribution in [1.82, 2.24) is 5.32 Å². The van der Waals surface area contributed by atoms with Crippen LogP contribution in [0.5, 0.6) is 0 Å². The number of amides is 1. The predicted octanol–water partition coefficient (Wildman–Crippen LogP) is 1.78. The number of ketones is 1. The van der Waals surface area contributed by atoms with E-state index in [-0.39, 0.29) is 17.6 Å². The second-order valence-corrected chi connectivity index (χ2v) is 3.51. The standard InChI is InChI=1S/C10H19NO3.C2H6/c1-8(2)10(13)11-5-7-14-6-4-9(3)12;1-2/h8H,4-7H2,1-3H3,(H,11,13);1-2H3. The minimum Gasteiger partial charge on any atom is -0.379 e. The van der Waals surface area contributed by atoms with Crippen molar-refractivity contribution in [3.63, 3.8) is 0 Å². The molecule has 0 heterocycles. The van der Waals surface area contributed by atoms with E-state index in [0.29, 0.717) is 26.2 Å². The van der Waals surface area contributed by atoms with E-state index >= 15 is 0 Å². The van der Waals surface area contributed by atoms with Gasteiger partial charge in [-0.2, -0.15) is 0 Å². The van der Waals surface area contributed by atoms with Gasteiger partial charge >= 0.3 is 0 Å². The van der Waals surface area contributed by atoms with Gasteiger partial charge in [-0.3, -0.25) is 9.59 Å². The SMILES string of the molecule is CC.CC(=O)CCOCCNC(=O)C(C)C. The first-order valence-corrected chi connectivity index (χ1v) is 5.89. The van der Waals surface area contributed by atoms with Crippen molar-refractivity contribution in [2.24, 2.45) is 5.92 Å². The van der Waals surface area contributed by atoms with Gasteiger partial charge in [-0.05, 0) is 6.92 Å². The first-order chi connectivity index (χ1) is 7.54. The van der Waals surface area contributed by atoms with Crippen LogP contribution in [-0.4, -0.2) is 31.4 Å². The lowest BCUT2D eigenvalue weighted by Gasteiger charge is -2.07. The van der Waals surface area contributed by atoms with Crippen LogP contribution in [0.15, 0.2) is 0 Å². The Morgan fingerprint density at radius 1 is 1.19 bits per heavy atom. The zero-order valence-corrected chi connectivity index (χ0v) is 11.1. The molecule has 0 aromatic heterocycles. The van der Waals surface area contributed by atoms with Crippen LogP contribution < -0.4 is 5.32 Å². The second-order valence-electron chi connectivity index (χ2n) is 3.51. The minimum atomic E-state index is 0.00668. The second kappa shape index (κ2) is 12.2. The Morgan fingerprint density at radius 3 is 2.19 bits per heavy atom. The van der Waals surface area contributed by atoms with Gasteiger partial charge in [0.15, 0.2) is 0 Å². The molecule has 0 aliphatic rings. The maximum Gasteiger partial charge on any atom is 0.222 e. The third kappa shape index (κ3) is 13.1. The van der Waals surface area contributed by atoms with Crippen LogP contribution in [0.2, 0.25) is 0 Å². The fraction of sp³-hybridized carbons (Fsp3) is 0.833. The summed E-state index contributed by atoms with van der Waals surface area (Å²) in [5.41, 5.74) is 0. The van der Waals surface area contributed by atoms with Gasteiger partial charge in [-0.15, -0.1) is 0 Å². The van der Waals surface area contributed by atoms with Crippen molar-refractivity contribution >= 4 is 11.7 Å². The van der Waals surface area contributed by atoms with Crippen molar-refractivity contribution in [1.29, 1.82) is 0 Å². The van der Waals surface area contributed by atoms with Gasteiger partial charge in [-0.1, -0.05) is 27.7 Å². The van der Waals surface area contributed by atoms with E-state index in [4.69, 9.17) is 4.74 Å². The number of rotatable bonds is 7. The lowest BCUT2D eigenvalue weighted by atomic mass is 10.2. The normalized spacial score (nSPS) is 9.38. The van der Waals surface area contributed by atoms with Crippen LogP contribution in [-0.2, 0) is 14.3 Å². The summed E-state index contributed by atoms with van der Waals surface area (Å²) < 4.78 is 5.14. The van der Waals surface area contributed by atoms with Gasteiger partial charge in [0.25, 0.3) is 0 Å². The first-order valence-electron chi connectivity index (χ1n) is 5.89. The zero-order valence-electron chi connectivity index (χ0n) is 11.1. The molecule has 0 unspecified atom stereocenters. The Kier molecular flexibility index (Phi) is 13.3. The average molecular weight is 231 g/mol. The highest BCUT2D eigenvalue weighted by atomic mass is 16.5. The molecule has 0 spiro atoms. The minimum absolute atomic E-state index is 0.00668. The number of Topliss-reactive ketones (excluding diaryl/α,β-unsaturated/α-hetero) is 1. The van der Waals surface area contributed by atoms with E-state index in [0.717, 1.165) is 0 Å². The zero-order chi connectivity index (χ0) is 13.0. The average Bonchev–Trinajstić information content (AvgIpc) is 2.25. The quantitative estimate of drug-likeness (QED) is 0.679. The van der Waals surface area contributed by atoms with Gasteiger partial charge in [-0.25, -0.2) is 0 Å². The molecule has 0 rings (SSSR count). The van der Waals surface area contributed by atoms with Crippen molar-refractivity contribution in [3.8, 4) is 0 Å². The monoisotopic (exact) mass is 231 g/mol. The van der Waals surface area contributed by atoms with Crippen LogP contribution in [0.25, 0.3) is 0 Å². The lowest BCUT2D eigenvalue weighted by Crippen LogP contribution is -2.30. The Morgan fingerprint density at radius 2 is 1.75 bits per heavy atom. The molecule has 96 valence electrons. The number of carbonyl (C=O) groups is 2. The molecule has 0 saturated carbocycles. The lowest BCUT2D eigenvalue weighted by molar-refractivity contribution is -0.124. The summed E-state index contributed by atoms with van der Waals surface area (Å²) in [4.78, 5) is 21.6. The van der Waals surface area contributed by atoms with Crippen LogP contribution in [0.1, 0.15) is 41.0 Å². The number of ether oxygens (including phenoxy) is 1. The third-order valence-electron chi connectivity index (χ3n) is 1.67. The van der Waals surface area contributed by atoms with E-state index in [1.54, 1.807) is 0 Å². The maximum atomic E-state index is 11.1. The molecule has 0 aliphatic carbocycles. The topological polar surface area (TPSA) is 55.4 Å². The van der Waals surface area contributed by atoms with E-state index in [2.05, 4.69) is 5.32 Å². The van der Waals surface area contributed by atoms with Gasteiger partial charge in [0.2, 0.25) is 5.91 Å². The van der Waals surface area contributed by atoms with Gasteiger partial charge < -0.3 is 10.1 Å². The fourth-order valence-corrected chi connectivity index (χ4v) is 0.768. The van der Waals surface area contributed by atoms with E-state index in [1.165, 1.54) is 6.92 Å². The number of carbonyl (C=O) groups excluding carboxylic acids is 2. The Bertz CT molecular complexity index is 191. The van der Waals surface area contributed by atoms with E-state index < -0.39 is 0 Å². The largest absolute Gasteiger partial charge is 0.379 e. The molecule has 0 atom stereocenters. The molecular formula is C12H25NO3. The van der Waals surface area contributed by atoms with Crippen molar-refractivity contribution in [3.05, 3.63) is 0 Å². The third-order valence-corrected chi connectivity index (χ3v) is 1.67. The van der Waals surface area contributed by atoms with Crippen molar-refractivity contribution in [2.45, 2.75) is 41.0 Å². The maximum absolute atomic E-state index is 11.1. The molecule has 16 heavy (non-hydrogen) atoms. The van der Waals surface area contributed by atoms with Crippen LogP contribution >= 0.6 is 0 Å². The summed E-state index contributed by atoms with van der Waals surface area (Å²) in [5.74, 6) is 0.156.